The molecule has 0 radical (unpaired) electrons. The maximum absolute atomic E-state index is 13.2. The highest BCUT2D eigenvalue weighted by molar-refractivity contribution is 6.18. The third kappa shape index (κ3) is 2.87. The number of aromatic nitrogens is 2. The monoisotopic (exact) mass is 366 g/mol. The number of fused-ring (bicyclic) bond motifs is 1. The summed E-state index contributed by atoms with van der Waals surface area (Å²) in [6.07, 6.45) is 1.59. The summed E-state index contributed by atoms with van der Waals surface area (Å²) in [7, 11) is 0. The molecule has 6 nitrogen and oxygen atoms in total. The Labute approximate surface area is 161 Å². The number of ketones is 2. The summed E-state index contributed by atoms with van der Waals surface area (Å²) in [5.74, 6) is 0.0968. The highest BCUT2D eigenvalue weighted by Gasteiger charge is 2.30. The predicted octanol–water partition coefficient (Wildman–Crippen LogP) is 3.03. The van der Waals surface area contributed by atoms with E-state index in [4.69, 9.17) is 10.5 Å². The fourth-order valence-electron chi connectivity index (χ4n) is 3.38. The van der Waals surface area contributed by atoms with Gasteiger partial charge in [0, 0.05) is 24.1 Å². The molecule has 0 amide bonds. The SMILES string of the molecule is N#Cc1ccc(C(=O)c2nc3n(c2C(=O)c2ccc(C#N)cc2)CCC3)cc1. The van der Waals surface area contributed by atoms with Crippen molar-refractivity contribution in [2.24, 2.45) is 0 Å². The van der Waals surface area contributed by atoms with E-state index in [9.17, 15) is 9.59 Å². The van der Waals surface area contributed by atoms with Crippen molar-refractivity contribution in [3.63, 3.8) is 0 Å². The van der Waals surface area contributed by atoms with Gasteiger partial charge in [0.05, 0.1) is 23.3 Å². The van der Waals surface area contributed by atoms with Crippen LogP contribution >= 0.6 is 0 Å². The fraction of sp³-hybridized carbons (Fsp3) is 0.136. The Hall–Kier alpha value is -4.03. The van der Waals surface area contributed by atoms with Gasteiger partial charge >= 0.3 is 0 Å². The summed E-state index contributed by atoms with van der Waals surface area (Å²) >= 11 is 0. The number of aryl methyl sites for hydroxylation is 1. The fourth-order valence-corrected chi connectivity index (χ4v) is 3.38. The maximum Gasteiger partial charge on any atom is 0.213 e. The number of rotatable bonds is 4. The molecule has 0 saturated carbocycles. The molecule has 0 aliphatic carbocycles. The maximum atomic E-state index is 13.2. The lowest BCUT2D eigenvalue weighted by molar-refractivity contribution is 0.0995. The zero-order chi connectivity index (χ0) is 19.7. The molecule has 0 fully saturated rings. The molecule has 0 atom stereocenters. The van der Waals surface area contributed by atoms with Crippen LogP contribution in [0.3, 0.4) is 0 Å². The van der Waals surface area contributed by atoms with Crippen molar-refractivity contribution in [3.05, 3.63) is 88.0 Å². The van der Waals surface area contributed by atoms with Crippen LogP contribution in [0.15, 0.2) is 48.5 Å². The van der Waals surface area contributed by atoms with Crippen molar-refractivity contribution in [1.82, 2.24) is 9.55 Å². The molecule has 28 heavy (non-hydrogen) atoms. The molecule has 134 valence electrons. The Kier molecular flexibility index (Phi) is 4.31. The Morgan fingerprint density at radius 3 is 1.93 bits per heavy atom. The zero-order valence-corrected chi connectivity index (χ0v) is 14.8. The number of benzene rings is 2. The third-order valence-corrected chi connectivity index (χ3v) is 4.81. The Balaban J connectivity index is 1.78. The quantitative estimate of drug-likeness (QED) is 0.661. The lowest BCUT2D eigenvalue weighted by Crippen LogP contribution is -2.15. The van der Waals surface area contributed by atoms with E-state index in [1.807, 2.05) is 16.7 Å². The van der Waals surface area contributed by atoms with Crippen LogP contribution in [0.2, 0.25) is 0 Å². The van der Waals surface area contributed by atoms with E-state index >= 15 is 0 Å². The summed E-state index contributed by atoms with van der Waals surface area (Å²) in [5, 5.41) is 17.9. The highest BCUT2D eigenvalue weighted by Crippen LogP contribution is 2.25. The van der Waals surface area contributed by atoms with Crippen LogP contribution in [-0.4, -0.2) is 21.1 Å². The van der Waals surface area contributed by atoms with Gasteiger partial charge in [0.15, 0.2) is 0 Å². The predicted molar refractivity (Wildman–Crippen MR) is 99.7 cm³/mol. The van der Waals surface area contributed by atoms with Gasteiger partial charge in [0.25, 0.3) is 0 Å². The molecule has 6 heteroatoms. The van der Waals surface area contributed by atoms with Crippen molar-refractivity contribution in [2.45, 2.75) is 19.4 Å². The molecule has 3 aromatic rings. The zero-order valence-electron chi connectivity index (χ0n) is 14.8. The van der Waals surface area contributed by atoms with Crippen molar-refractivity contribution in [3.8, 4) is 12.1 Å². The number of imidazole rings is 1. The van der Waals surface area contributed by atoms with Gasteiger partial charge in [-0.1, -0.05) is 0 Å². The molecular weight excluding hydrogens is 352 g/mol. The number of carbonyl (C=O) groups excluding carboxylic acids is 2. The van der Waals surface area contributed by atoms with Crippen LogP contribution in [0, 0.1) is 22.7 Å². The molecule has 1 aromatic heterocycles. The number of nitriles is 2. The Morgan fingerprint density at radius 2 is 1.39 bits per heavy atom. The number of hydrogen-bond acceptors (Lipinski definition) is 5. The molecule has 0 unspecified atom stereocenters. The average Bonchev–Trinajstić information content (AvgIpc) is 3.34. The second-order valence-corrected chi connectivity index (χ2v) is 6.52. The largest absolute Gasteiger partial charge is 0.325 e. The standard InChI is InChI=1S/C22H14N4O2/c23-12-14-3-7-16(8-4-14)21(27)19-20(26-11-1-2-18(26)25-19)22(28)17-9-5-15(13-24)6-10-17/h3-10H,1-2,11H2. The summed E-state index contributed by atoms with van der Waals surface area (Å²) in [6, 6.07) is 16.7. The van der Waals surface area contributed by atoms with E-state index in [1.165, 1.54) is 0 Å². The number of nitrogens with zero attached hydrogens (tertiary/aromatic N) is 4. The highest BCUT2D eigenvalue weighted by atomic mass is 16.1. The molecule has 1 aliphatic rings. The van der Waals surface area contributed by atoms with Crippen molar-refractivity contribution in [2.75, 3.05) is 0 Å². The van der Waals surface area contributed by atoms with Gasteiger partial charge in [-0.25, -0.2) is 4.98 Å². The van der Waals surface area contributed by atoms with E-state index in [-0.39, 0.29) is 23.0 Å². The van der Waals surface area contributed by atoms with E-state index in [0.717, 1.165) is 12.2 Å². The van der Waals surface area contributed by atoms with Crippen LogP contribution in [-0.2, 0) is 13.0 Å². The Bertz CT molecular complexity index is 1170. The minimum absolute atomic E-state index is 0.133. The molecular formula is C22H14N4O2. The molecule has 1 aliphatic heterocycles. The molecule has 2 aromatic carbocycles. The Morgan fingerprint density at radius 1 is 0.857 bits per heavy atom. The molecule has 0 N–H and O–H groups in total. The summed E-state index contributed by atoms with van der Waals surface area (Å²) in [4.78, 5) is 30.7. The lowest BCUT2D eigenvalue weighted by Gasteiger charge is -2.07. The van der Waals surface area contributed by atoms with Crippen molar-refractivity contribution >= 4 is 11.6 Å². The molecule has 0 saturated heterocycles. The summed E-state index contributed by atoms with van der Waals surface area (Å²) in [6.45, 7) is 0.639. The van der Waals surface area contributed by atoms with Gasteiger partial charge in [-0.2, -0.15) is 10.5 Å². The van der Waals surface area contributed by atoms with E-state index in [1.54, 1.807) is 48.5 Å². The molecule has 2 heterocycles. The second kappa shape index (κ2) is 6.94. The van der Waals surface area contributed by atoms with E-state index < -0.39 is 0 Å². The normalized spacial score (nSPS) is 12.1. The van der Waals surface area contributed by atoms with Gasteiger partial charge in [0.1, 0.15) is 17.2 Å². The van der Waals surface area contributed by atoms with Crippen LogP contribution in [0.4, 0.5) is 0 Å². The first-order chi connectivity index (χ1) is 13.6. The second-order valence-electron chi connectivity index (χ2n) is 6.52. The van der Waals surface area contributed by atoms with Crippen LogP contribution in [0.1, 0.15) is 55.5 Å². The smallest absolute Gasteiger partial charge is 0.213 e. The van der Waals surface area contributed by atoms with Crippen molar-refractivity contribution in [1.29, 1.82) is 10.5 Å². The minimum atomic E-state index is -0.344. The first kappa shape index (κ1) is 17.4. The first-order valence-corrected chi connectivity index (χ1v) is 8.81. The third-order valence-electron chi connectivity index (χ3n) is 4.81. The van der Waals surface area contributed by atoms with Crippen molar-refractivity contribution < 1.29 is 9.59 Å². The van der Waals surface area contributed by atoms with Crippen LogP contribution in [0.5, 0.6) is 0 Å². The van der Waals surface area contributed by atoms with E-state index in [2.05, 4.69) is 4.98 Å². The van der Waals surface area contributed by atoms with Crippen LogP contribution < -0.4 is 0 Å². The summed E-state index contributed by atoms with van der Waals surface area (Å²) in [5.41, 5.74) is 2.12. The minimum Gasteiger partial charge on any atom is -0.325 e. The molecule has 0 bridgehead atoms. The summed E-state index contributed by atoms with van der Waals surface area (Å²) < 4.78 is 1.82. The van der Waals surface area contributed by atoms with Gasteiger partial charge in [-0.05, 0) is 55.0 Å². The molecule has 0 spiro atoms. The first-order valence-electron chi connectivity index (χ1n) is 8.81. The molecule has 4 rings (SSSR count). The van der Waals surface area contributed by atoms with Gasteiger partial charge < -0.3 is 4.57 Å². The lowest BCUT2D eigenvalue weighted by atomic mass is 10.0. The van der Waals surface area contributed by atoms with Crippen LogP contribution in [0.25, 0.3) is 0 Å². The van der Waals surface area contributed by atoms with Gasteiger partial charge in [0.2, 0.25) is 11.6 Å². The number of hydrogen-bond donors (Lipinski definition) is 0. The topological polar surface area (TPSA) is 99.5 Å². The van der Waals surface area contributed by atoms with E-state index in [0.29, 0.717) is 35.2 Å². The number of carbonyl (C=O) groups is 2. The average molecular weight is 366 g/mol. The van der Waals surface area contributed by atoms with Gasteiger partial charge in [-0.15, -0.1) is 0 Å². The van der Waals surface area contributed by atoms with Gasteiger partial charge in [-0.3, -0.25) is 9.59 Å².